The molecule has 2 aliphatic rings. The van der Waals surface area contributed by atoms with Crippen LogP contribution in [0.1, 0.15) is 25.3 Å². The van der Waals surface area contributed by atoms with Gasteiger partial charge >= 0.3 is 0 Å². The van der Waals surface area contributed by atoms with E-state index in [0.29, 0.717) is 30.2 Å². The Morgan fingerprint density at radius 2 is 1.87 bits per heavy atom. The lowest BCUT2D eigenvalue weighted by atomic mass is 9.58. The van der Waals surface area contributed by atoms with Crippen LogP contribution in [-0.4, -0.2) is 38.3 Å². The number of rotatable bonds is 4. The van der Waals surface area contributed by atoms with Crippen LogP contribution < -0.4 is 15.2 Å². The molecule has 30 heavy (non-hydrogen) atoms. The number of fused-ring (bicyclic) bond motifs is 1. The maximum atomic E-state index is 10.2. The Labute approximate surface area is 177 Å². The molecule has 1 aromatic rings. The Bertz CT molecular complexity index is 1020. The largest absolute Gasteiger partial charge is 0.493 e. The van der Waals surface area contributed by atoms with Gasteiger partial charge in [-0.2, -0.15) is 15.8 Å². The number of allylic oxidation sites excluding steroid dienone is 2. The van der Waals surface area contributed by atoms with Gasteiger partial charge < -0.3 is 15.2 Å². The molecule has 0 fully saturated rings. The summed E-state index contributed by atoms with van der Waals surface area (Å²) in [4.78, 5) is 2.25. The molecular weight excluding hydrogens is 378 g/mol. The molecule has 1 aromatic carbocycles. The lowest BCUT2D eigenvalue weighted by Gasteiger charge is -2.46. The zero-order valence-corrected chi connectivity index (χ0v) is 17.6. The Morgan fingerprint density at radius 1 is 1.17 bits per heavy atom. The number of hydrogen-bond acceptors (Lipinski definition) is 7. The van der Waals surface area contributed by atoms with Crippen molar-refractivity contribution >= 4 is 0 Å². The molecule has 7 heteroatoms. The summed E-state index contributed by atoms with van der Waals surface area (Å²) in [7, 11) is 3.07. The first-order valence-electron chi connectivity index (χ1n) is 9.78. The third kappa shape index (κ3) is 2.98. The third-order valence-electron chi connectivity index (χ3n) is 6.19. The van der Waals surface area contributed by atoms with E-state index in [1.165, 1.54) is 7.11 Å². The monoisotopic (exact) mass is 403 g/mol. The SMILES string of the molecule is COc1cccc(C2C3CN(C(C)C)CC=C3C(C#N)=C(N)C2(C#N)C#N)c1OC. The van der Waals surface area contributed by atoms with Gasteiger partial charge in [0.05, 0.1) is 37.6 Å². The summed E-state index contributed by atoms with van der Waals surface area (Å²) in [5.74, 6) is 0.0791. The van der Waals surface area contributed by atoms with E-state index < -0.39 is 11.3 Å². The molecule has 0 saturated carbocycles. The Balaban J connectivity index is 2.37. The molecule has 1 aliphatic carbocycles. The molecule has 0 bridgehead atoms. The highest BCUT2D eigenvalue weighted by Crippen LogP contribution is 2.56. The number of ether oxygens (including phenoxy) is 2. The molecular formula is C23H25N5O2. The van der Waals surface area contributed by atoms with E-state index in [2.05, 4.69) is 37.0 Å². The predicted molar refractivity (Wildman–Crippen MR) is 111 cm³/mol. The molecule has 0 saturated heterocycles. The van der Waals surface area contributed by atoms with Crippen molar-refractivity contribution in [1.29, 1.82) is 15.8 Å². The number of nitrogens with two attached hydrogens (primary N) is 1. The minimum absolute atomic E-state index is 0.00497. The fraction of sp³-hybridized carbons (Fsp3) is 0.435. The van der Waals surface area contributed by atoms with Crippen molar-refractivity contribution in [3.63, 3.8) is 0 Å². The van der Waals surface area contributed by atoms with Crippen LogP contribution in [0.3, 0.4) is 0 Å². The van der Waals surface area contributed by atoms with Gasteiger partial charge in [-0.25, -0.2) is 0 Å². The van der Waals surface area contributed by atoms with Crippen molar-refractivity contribution in [1.82, 2.24) is 4.90 Å². The van der Waals surface area contributed by atoms with Gasteiger partial charge in [0.15, 0.2) is 16.9 Å². The molecule has 3 rings (SSSR count). The number of hydrogen-bond donors (Lipinski definition) is 1. The van der Waals surface area contributed by atoms with E-state index in [1.807, 2.05) is 18.2 Å². The highest BCUT2D eigenvalue weighted by atomic mass is 16.5. The number of methoxy groups -OCH3 is 2. The molecule has 0 radical (unpaired) electrons. The molecule has 0 spiro atoms. The van der Waals surface area contributed by atoms with Gasteiger partial charge in [0, 0.05) is 36.5 Å². The first-order valence-corrected chi connectivity index (χ1v) is 9.78. The van der Waals surface area contributed by atoms with Crippen molar-refractivity contribution in [2.75, 3.05) is 27.3 Å². The molecule has 1 heterocycles. The number of nitriles is 3. The fourth-order valence-electron chi connectivity index (χ4n) is 4.62. The van der Waals surface area contributed by atoms with Crippen LogP contribution in [0.15, 0.2) is 41.1 Å². The predicted octanol–water partition coefficient (Wildman–Crippen LogP) is 2.84. The van der Waals surface area contributed by atoms with E-state index in [-0.39, 0.29) is 23.2 Å². The van der Waals surface area contributed by atoms with E-state index >= 15 is 0 Å². The molecule has 2 N–H and O–H groups in total. The molecule has 2 unspecified atom stereocenters. The van der Waals surface area contributed by atoms with Crippen molar-refractivity contribution in [3.05, 3.63) is 46.7 Å². The standard InChI is InChI=1S/C23H25N5O2/c1-14(2)28-9-8-15-17(10-24)22(27)23(12-25,13-26)20(18(15)11-28)16-6-5-7-19(29-3)21(16)30-4/h5-8,14,18,20H,9,11,27H2,1-4H3. The minimum atomic E-state index is -1.70. The number of nitrogens with zero attached hydrogens (tertiary/aromatic N) is 4. The van der Waals surface area contributed by atoms with E-state index in [1.54, 1.807) is 13.2 Å². The molecule has 2 atom stereocenters. The average molecular weight is 403 g/mol. The van der Waals surface area contributed by atoms with Crippen molar-refractivity contribution in [2.24, 2.45) is 17.1 Å². The smallest absolute Gasteiger partial charge is 0.191 e. The van der Waals surface area contributed by atoms with Gasteiger partial charge in [-0.1, -0.05) is 18.2 Å². The normalized spacial score (nSPS) is 22.9. The zero-order valence-electron chi connectivity index (χ0n) is 17.6. The van der Waals surface area contributed by atoms with Crippen LogP contribution in [0.25, 0.3) is 0 Å². The molecule has 0 amide bonds. The summed E-state index contributed by atoms with van der Waals surface area (Å²) in [6.45, 7) is 5.47. The molecule has 0 aromatic heterocycles. The van der Waals surface area contributed by atoms with Crippen LogP contribution in [0.5, 0.6) is 11.5 Å². The van der Waals surface area contributed by atoms with Gasteiger partial charge in [-0.05, 0) is 25.5 Å². The maximum absolute atomic E-state index is 10.2. The topological polar surface area (TPSA) is 119 Å². The number of benzene rings is 1. The minimum Gasteiger partial charge on any atom is -0.493 e. The van der Waals surface area contributed by atoms with E-state index in [9.17, 15) is 15.8 Å². The van der Waals surface area contributed by atoms with Gasteiger partial charge in [0.25, 0.3) is 0 Å². The summed E-state index contributed by atoms with van der Waals surface area (Å²) < 4.78 is 11.1. The second kappa shape index (κ2) is 8.11. The van der Waals surface area contributed by atoms with Gasteiger partial charge in [-0.15, -0.1) is 0 Å². The van der Waals surface area contributed by atoms with Gasteiger partial charge in [-0.3, -0.25) is 4.90 Å². The average Bonchev–Trinajstić information content (AvgIpc) is 2.77. The van der Waals surface area contributed by atoms with Crippen molar-refractivity contribution < 1.29 is 9.47 Å². The lowest BCUT2D eigenvalue weighted by Crippen LogP contribution is -2.49. The Morgan fingerprint density at radius 3 is 2.40 bits per heavy atom. The van der Waals surface area contributed by atoms with Gasteiger partial charge in [0.2, 0.25) is 0 Å². The lowest BCUT2D eigenvalue weighted by molar-refractivity contribution is 0.172. The molecule has 7 nitrogen and oxygen atoms in total. The van der Waals surface area contributed by atoms with Crippen LogP contribution >= 0.6 is 0 Å². The van der Waals surface area contributed by atoms with E-state index in [4.69, 9.17) is 15.2 Å². The third-order valence-corrected chi connectivity index (χ3v) is 6.19. The summed E-state index contributed by atoms with van der Waals surface area (Å²) >= 11 is 0. The highest BCUT2D eigenvalue weighted by molar-refractivity contribution is 5.62. The van der Waals surface area contributed by atoms with Crippen molar-refractivity contribution in [3.8, 4) is 29.7 Å². The maximum Gasteiger partial charge on any atom is 0.191 e. The van der Waals surface area contributed by atoms with Crippen molar-refractivity contribution in [2.45, 2.75) is 25.8 Å². The first-order chi connectivity index (χ1) is 14.4. The van der Waals surface area contributed by atoms with Crippen LogP contribution in [0, 0.1) is 45.3 Å². The van der Waals surface area contributed by atoms with Gasteiger partial charge in [0.1, 0.15) is 6.07 Å². The zero-order chi connectivity index (χ0) is 22.1. The fourth-order valence-corrected chi connectivity index (χ4v) is 4.62. The summed E-state index contributed by atoms with van der Waals surface area (Å²) in [5, 5.41) is 30.3. The second-order valence-electron chi connectivity index (χ2n) is 7.81. The van der Waals surface area contributed by atoms with Crippen LogP contribution in [0.4, 0.5) is 0 Å². The van der Waals surface area contributed by atoms with Crippen LogP contribution in [0.2, 0.25) is 0 Å². The summed E-state index contributed by atoms with van der Waals surface area (Å²) in [5.41, 5.74) is 6.37. The van der Waals surface area contributed by atoms with E-state index in [0.717, 1.165) is 5.57 Å². The highest BCUT2D eigenvalue weighted by Gasteiger charge is 2.55. The Hall–Kier alpha value is -3.47. The summed E-state index contributed by atoms with van der Waals surface area (Å²) in [6.07, 6.45) is 2.00. The Kier molecular flexibility index (Phi) is 5.74. The quantitative estimate of drug-likeness (QED) is 0.821. The molecule has 1 aliphatic heterocycles. The van der Waals surface area contributed by atoms with Crippen LogP contribution in [-0.2, 0) is 0 Å². The molecule has 154 valence electrons. The first kappa shape index (κ1) is 21.2. The summed E-state index contributed by atoms with van der Waals surface area (Å²) in [6, 6.07) is 12.2. The number of para-hydroxylation sites is 1. The second-order valence-corrected chi connectivity index (χ2v) is 7.81.